The monoisotopic (exact) mass is 271 g/mol. The van der Waals surface area contributed by atoms with Gasteiger partial charge in [0.05, 0.1) is 13.2 Å². The highest BCUT2D eigenvalue weighted by Crippen LogP contribution is 2.34. The largest absolute Gasteiger partial charge is 0.489 e. The number of hydrogen-bond donors (Lipinski definition) is 1. The summed E-state index contributed by atoms with van der Waals surface area (Å²) in [7, 11) is 0. The molecular weight excluding hydrogens is 250 g/mol. The molecule has 0 aromatic heterocycles. The van der Waals surface area contributed by atoms with Gasteiger partial charge in [-0.2, -0.15) is 0 Å². The second kappa shape index (κ2) is 5.81. The Kier molecular flexibility index (Phi) is 3.90. The van der Waals surface area contributed by atoms with Crippen LogP contribution in [0.15, 0.2) is 36.4 Å². The number of hydrogen-bond acceptors (Lipinski definition) is 3. The van der Waals surface area contributed by atoms with Gasteiger partial charge in [-0.1, -0.05) is 36.4 Å². The zero-order chi connectivity index (χ0) is 13.9. The fourth-order valence-electron chi connectivity index (χ4n) is 2.71. The molecule has 1 aliphatic rings. The van der Waals surface area contributed by atoms with Crippen LogP contribution < -0.4 is 10.5 Å². The Labute approximate surface area is 119 Å². The van der Waals surface area contributed by atoms with Gasteiger partial charge in [-0.25, -0.2) is 0 Å². The summed E-state index contributed by atoms with van der Waals surface area (Å²) in [5.41, 5.74) is 7.18. The van der Waals surface area contributed by atoms with Gasteiger partial charge >= 0.3 is 0 Å². The fourth-order valence-corrected chi connectivity index (χ4v) is 2.71. The lowest BCUT2D eigenvalue weighted by molar-refractivity contribution is 0.0257. The van der Waals surface area contributed by atoms with E-state index in [1.807, 2.05) is 19.1 Å². The van der Waals surface area contributed by atoms with Crippen molar-refractivity contribution in [2.24, 2.45) is 5.73 Å². The molecule has 0 bridgehead atoms. The molecule has 1 heterocycles. The maximum absolute atomic E-state index is 6.30. The molecule has 1 fully saturated rings. The van der Waals surface area contributed by atoms with Crippen LogP contribution >= 0.6 is 0 Å². The van der Waals surface area contributed by atoms with E-state index >= 15 is 0 Å². The first-order valence-electron chi connectivity index (χ1n) is 7.27. The predicted molar refractivity (Wildman–Crippen MR) is 81.0 cm³/mol. The molecule has 1 atom stereocenters. The first-order chi connectivity index (χ1) is 9.75. The lowest BCUT2D eigenvalue weighted by Crippen LogP contribution is -2.26. The molecule has 0 radical (unpaired) electrons. The van der Waals surface area contributed by atoms with Gasteiger partial charge < -0.3 is 15.2 Å². The van der Waals surface area contributed by atoms with E-state index in [4.69, 9.17) is 15.2 Å². The molecule has 106 valence electrons. The summed E-state index contributed by atoms with van der Waals surface area (Å²) in [5.74, 6) is 0.949. The van der Waals surface area contributed by atoms with Crippen molar-refractivity contribution in [2.75, 3.05) is 13.2 Å². The zero-order valence-electron chi connectivity index (χ0n) is 11.8. The third-order valence-corrected chi connectivity index (χ3v) is 3.85. The molecule has 0 unspecified atom stereocenters. The van der Waals surface area contributed by atoms with Crippen LogP contribution in [0.1, 0.15) is 31.4 Å². The average molecular weight is 271 g/mol. The third kappa shape index (κ3) is 2.65. The molecule has 20 heavy (non-hydrogen) atoms. The maximum Gasteiger partial charge on any atom is 0.132 e. The smallest absolute Gasteiger partial charge is 0.132 e. The van der Waals surface area contributed by atoms with Crippen LogP contribution in [0.5, 0.6) is 5.75 Å². The lowest BCUT2D eigenvalue weighted by atomic mass is 10.0. The molecule has 1 aliphatic heterocycles. The van der Waals surface area contributed by atoms with E-state index in [1.54, 1.807) is 0 Å². The molecule has 2 aromatic rings. The summed E-state index contributed by atoms with van der Waals surface area (Å²) in [4.78, 5) is 0. The van der Waals surface area contributed by atoms with E-state index in [0.717, 1.165) is 42.8 Å². The minimum atomic E-state index is -0.0329. The minimum Gasteiger partial charge on any atom is -0.489 e. The molecular formula is C17H21NO2. The van der Waals surface area contributed by atoms with Gasteiger partial charge in [0.15, 0.2) is 0 Å². The quantitative estimate of drug-likeness (QED) is 0.930. The molecule has 2 N–H and O–H groups in total. The standard InChI is InChI=1S/C17H21NO2/c1-12(18)15-7-6-13-4-2-3-5-16(13)17(15)20-14-8-10-19-11-9-14/h2-7,12,14H,8-11,18H2,1H3/t12-/m1/s1. The molecule has 3 heteroatoms. The first kappa shape index (κ1) is 13.4. The van der Waals surface area contributed by atoms with E-state index < -0.39 is 0 Å². The van der Waals surface area contributed by atoms with Gasteiger partial charge in [-0.3, -0.25) is 0 Å². The van der Waals surface area contributed by atoms with Crippen molar-refractivity contribution in [3.05, 3.63) is 42.0 Å². The highest BCUT2D eigenvalue weighted by atomic mass is 16.5. The van der Waals surface area contributed by atoms with Crippen LogP contribution in [0.4, 0.5) is 0 Å². The summed E-state index contributed by atoms with van der Waals surface area (Å²) in [6.45, 7) is 3.56. The van der Waals surface area contributed by atoms with E-state index in [2.05, 4.69) is 24.3 Å². The van der Waals surface area contributed by atoms with Crippen LogP contribution in [0.25, 0.3) is 10.8 Å². The van der Waals surface area contributed by atoms with Gasteiger partial charge in [0.1, 0.15) is 11.9 Å². The summed E-state index contributed by atoms with van der Waals surface area (Å²) < 4.78 is 11.7. The van der Waals surface area contributed by atoms with Crippen LogP contribution in [-0.2, 0) is 4.74 Å². The molecule has 0 amide bonds. The van der Waals surface area contributed by atoms with Gasteiger partial charge in [-0.05, 0) is 12.3 Å². The number of fused-ring (bicyclic) bond motifs is 1. The molecule has 0 spiro atoms. The minimum absolute atomic E-state index is 0.0329. The number of rotatable bonds is 3. The van der Waals surface area contributed by atoms with Crippen molar-refractivity contribution in [3.63, 3.8) is 0 Å². The van der Waals surface area contributed by atoms with Crippen LogP contribution in [0.2, 0.25) is 0 Å². The van der Waals surface area contributed by atoms with E-state index in [1.165, 1.54) is 5.39 Å². The van der Waals surface area contributed by atoms with Crippen molar-refractivity contribution >= 4 is 10.8 Å². The Balaban J connectivity index is 2.02. The number of ether oxygens (including phenoxy) is 2. The highest BCUT2D eigenvalue weighted by molar-refractivity contribution is 5.89. The number of benzene rings is 2. The maximum atomic E-state index is 6.30. The Morgan fingerprint density at radius 2 is 1.90 bits per heavy atom. The molecule has 3 rings (SSSR count). The van der Waals surface area contributed by atoms with Gasteiger partial charge in [-0.15, -0.1) is 0 Å². The van der Waals surface area contributed by atoms with Crippen molar-refractivity contribution in [1.29, 1.82) is 0 Å². The third-order valence-electron chi connectivity index (χ3n) is 3.85. The van der Waals surface area contributed by atoms with E-state index in [0.29, 0.717) is 0 Å². The van der Waals surface area contributed by atoms with Crippen LogP contribution in [-0.4, -0.2) is 19.3 Å². The molecule has 0 saturated carbocycles. The molecule has 1 saturated heterocycles. The van der Waals surface area contributed by atoms with Crippen molar-refractivity contribution in [1.82, 2.24) is 0 Å². The number of nitrogens with two attached hydrogens (primary N) is 1. The summed E-state index contributed by atoms with van der Waals surface area (Å²) >= 11 is 0. The molecule has 2 aromatic carbocycles. The second-order valence-electron chi connectivity index (χ2n) is 5.42. The van der Waals surface area contributed by atoms with E-state index in [9.17, 15) is 0 Å². The SMILES string of the molecule is C[C@@H](N)c1ccc2ccccc2c1OC1CCOCC1. The highest BCUT2D eigenvalue weighted by Gasteiger charge is 2.19. The molecule has 0 aliphatic carbocycles. The average Bonchev–Trinajstić information content (AvgIpc) is 2.48. The summed E-state index contributed by atoms with van der Waals surface area (Å²) in [5, 5.41) is 2.34. The first-order valence-corrected chi connectivity index (χ1v) is 7.27. The Morgan fingerprint density at radius 3 is 2.65 bits per heavy atom. The van der Waals surface area contributed by atoms with Crippen LogP contribution in [0, 0.1) is 0 Å². The Bertz CT molecular complexity index is 589. The summed E-state index contributed by atoms with van der Waals surface area (Å²) in [6.07, 6.45) is 2.12. The fraction of sp³-hybridized carbons (Fsp3) is 0.412. The summed E-state index contributed by atoms with van der Waals surface area (Å²) in [6, 6.07) is 12.5. The molecule has 3 nitrogen and oxygen atoms in total. The predicted octanol–water partition coefficient (Wildman–Crippen LogP) is 3.42. The Morgan fingerprint density at radius 1 is 1.15 bits per heavy atom. The lowest BCUT2D eigenvalue weighted by Gasteiger charge is -2.26. The van der Waals surface area contributed by atoms with E-state index in [-0.39, 0.29) is 12.1 Å². The zero-order valence-corrected chi connectivity index (χ0v) is 11.8. The van der Waals surface area contributed by atoms with Crippen molar-refractivity contribution in [2.45, 2.75) is 31.9 Å². The second-order valence-corrected chi connectivity index (χ2v) is 5.42. The van der Waals surface area contributed by atoms with Crippen molar-refractivity contribution in [3.8, 4) is 5.75 Å². The van der Waals surface area contributed by atoms with Crippen LogP contribution in [0.3, 0.4) is 0 Å². The Hall–Kier alpha value is -1.58. The van der Waals surface area contributed by atoms with Gasteiger partial charge in [0.25, 0.3) is 0 Å². The normalized spacial score (nSPS) is 18.1. The van der Waals surface area contributed by atoms with Crippen molar-refractivity contribution < 1.29 is 9.47 Å². The topological polar surface area (TPSA) is 44.5 Å². The van der Waals surface area contributed by atoms with Gasteiger partial charge in [0, 0.05) is 29.8 Å². The van der Waals surface area contributed by atoms with Gasteiger partial charge in [0.2, 0.25) is 0 Å².